The molecule has 0 aliphatic carbocycles. The van der Waals surface area contributed by atoms with E-state index < -0.39 is 17.9 Å². The van der Waals surface area contributed by atoms with Gasteiger partial charge in [0.05, 0.1) is 13.2 Å². The van der Waals surface area contributed by atoms with Crippen LogP contribution in [0.5, 0.6) is 0 Å². The molecule has 0 bridgehead atoms. The second-order valence-corrected chi connectivity index (χ2v) is 7.61. The first kappa shape index (κ1) is 27.3. The van der Waals surface area contributed by atoms with Crippen molar-refractivity contribution < 1.29 is 28.7 Å². The lowest BCUT2D eigenvalue weighted by atomic mass is 10.1. The third-order valence-electron chi connectivity index (χ3n) is 4.62. The number of carbonyl (C=O) groups excluding carboxylic acids is 4. The molecule has 0 aliphatic rings. The molecule has 1 rings (SSSR count). The van der Waals surface area contributed by atoms with Gasteiger partial charge in [-0.3, -0.25) is 14.4 Å². The third-order valence-corrected chi connectivity index (χ3v) is 4.62. The Hall–Kier alpha value is -2.78. The van der Waals surface area contributed by atoms with Gasteiger partial charge in [0.25, 0.3) is 5.91 Å². The van der Waals surface area contributed by atoms with Crippen LogP contribution in [0, 0.1) is 6.92 Å². The fourth-order valence-electron chi connectivity index (χ4n) is 2.81. The van der Waals surface area contributed by atoms with Gasteiger partial charge in [0, 0.05) is 25.1 Å². The van der Waals surface area contributed by atoms with Crippen LogP contribution < -0.4 is 16.4 Å². The number of unbranched alkanes of at least 4 members (excludes halogenated alkanes) is 1. The highest BCUT2D eigenvalue weighted by Crippen LogP contribution is 2.04. The first-order chi connectivity index (χ1) is 15.3. The molecule has 0 aromatic heterocycles. The highest BCUT2D eigenvalue weighted by atomic mass is 16.5. The zero-order chi connectivity index (χ0) is 23.8. The van der Waals surface area contributed by atoms with Gasteiger partial charge in [-0.1, -0.05) is 17.7 Å². The van der Waals surface area contributed by atoms with Gasteiger partial charge in [-0.2, -0.15) is 0 Å². The van der Waals surface area contributed by atoms with Crippen molar-refractivity contribution in [3.05, 3.63) is 35.4 Å². The van der Waals surface area contributed by atoms with E-state index in [0.717, 1.165) is 5.56 Å². The van der Waals surface area contributed by atoms with Crippen molar-refractivity contribution in [1.82, 2.24) is 10.6 Å². The Morgan fingerprint density at radius 2 is 1.66 bits per heavy atom. The van der Waals surface area contributed by atoms with Crippen molar-refractivity contribution >= 4 is 23.5 Å². The number of benzene rings is 1. The Bertz CT molecular complexity index is 736. The van der Waals surface area contributed by atoms with Crippen LogP contribution in [-0.2, 0) is 23.9 Å². The van der Waals surface area contributed by atoms with E-state index in [1.165, 1.54) is 6.92 Å². The summed E-state index contributed by atoms with van der Waals surface area (Å²) in [6, 6.07) is 6.51. The monoisotopic (exact) mass is 449 g/mol. The average molecular weight is 450 g/mol. The molecular weight excluding hydrogens is 414 g/mol. The van der Waals surface area contributed by atoms with E-state index >= 15 is 0 Å². The molecule has 1 aromatic rings. The number of rotatable bonds is 17. The van der Waals surface area contributed by atoms with Crippen LogP contribution in [-0.4, -0.2) is 62.5 Å². The van der Waals surface area contributed by atoms with Gasteiger partial charge in [0.2, 0.25) is 11.8 Å². The van der Waals surface area contributed by atoms with Crippen LogP contribution in [0.2, 0.25) is 0 Å². The molecule has 32 heavy (non-hydrogen) atoms. The summed E-state index contributed by atoms with van der Waals surface area (Å²) in [5.74, 6) is -1.07. The molecule has 4 N–H and O–H groups in total. The van der Waals surface area contributed by atoms with Crippen LogP contribution >= 0.6 is 0 Å². The van der Waals surface area contributed by atoms with Crippen molar-refractivity contribution in [1.29, 1.82) is 0 Å². The summed E-state index contributed by atoms with van der Waals surface area (Å²) >= 11 is 0. The number of nitrogens with one attached hydrogen (secondary N) is 2. The summed E-state index contributed by atoms with van der Waals surface area (Å²) in [5, 5.41) is 5.40. The fourth-order valence-corrected chi connectivity index (χ4v) is 2.81. The quantitative estimate of drug-likeness (QED) is 0.306. The lowest BCUT2D eigenvalue weighted by Crippen LogP contribution is -2.45. The number of amides is 3. The third kappa shape index (κ3) is 12.8. The van der Waals surface area contributed by atoms with E-state index in [1.54, 1.807) is 12.1 Å². The lowest BCUT2D eigenvalue weighted by molar-refractivity contribution is -0.130. The average Bonchev–Trinajstić information content (AvgIpc) is 2.74. The van der Waals surface area contributed by atoms with Gasteiger partial charge in [-0.15, -0.1) is 0 Å². The van der Waals surface area contributed by atoms with Gasteiger partial charge in [-0.05, 0) is 51.7 Å². The molecule has 0 aliphatic heterocycles. The summed E-state index contributed by atoms with van der Waals surface area (Å²) in [6.45, 7) is 4.76. The van der Waals surface area contributed by atoms with E-state index in [1.807, 2.05) is 19.1 Å². The minimum absolute atomic E-state index is 0.123. The van der Waals surface area contributed by atoms with Crippen LogP contribution in [0.25, 0.3) is 0 Å². The van der Waals surface area contributed by atoms with E-state index in [-0.39, 0.29) is 24.9 Å². The topological polar surface area (TPSA) is 137 Å². The molecule has 0 saturated heterocycles. The number of hydrogen-bond acceptors (Lipinski definition) is 6. The summed E-state index contributed by atoms with van der Waals surface area (Å²) in [4.78, 5) is 46.4. The summed E-state index contributed by atoms with van der Waals surface area (Å²) in [5.41, 5.74) is 7.05. The van der Waals surface area contributed by atoms with Crippen molar-refractivity contribution in [3.8, 4) is 0 Å². The van der Waals surface area contributed by atoms with Crippen molar-refractivity contribution in [2.24, 2.45) is 5.73 Å². The Labute approximate surface area is 189 Å². The number of aryl methyl sites for hydroxylation is 1. The number of primary amides is 1. The van der Waals surface area contributed by atoms with E-state index in [9.17, 15) is 19.2 Å². The largest absolute Gasteiger partial charge is 0.379 e. The molecule has 9 heteroatoms. The molecule has 1 unspecified atom stereocenters. The smallest absolute Gasteiger partial charge is 0.251 e. The zero-order valence-corrected chi connectivity index (χ0v) is 19.0. The Balaban J connectivity index is 2.14. The number of hydrogen-bond donors (Lipinski definition) is 3. The molecule has 1 atom stereocenters. The molecule has 1 aromatic carbocycles. The fraction of sp³-hybridized carbons (Fsp3) is 0.565. The second-order valence-electron chi connectivity index (χ2n) is 7.61. The Morgan fingerprint density at radius 1 is 0.969 bits per heavy atom. The van der Waals surface area contributed by atoms with E-state index in [2.05, 4.69) is 10.6 Å². The first-order valence-corrected chi connectivity index (χ1v) is 10.9. The number of ether oxygens (including phenoxy) is 2. The number of nitrogens with two attached hydrogens (primary N) is 1. The molecule has 0 heterocycles. The maximum Gasteiger partial charge on any atom is 0.251 e. The normalized spacial score (nSPS) is 11.6. The van der Waals surface area contributed by atoms with Crippen molar-refractivity contribution in [2.45, 2.75) is 52.0 Å². The highest BCUT2D eigenvalue weighted by Gasteiger charge is 2.17. The van der Waals surface area contributed by atoms with Gasteiger partial charge < -0.3 is 30.6 Å². The van der Waals surface area contributed by atoms with Crippen LogP contribution in [0.4, 0.5) is 0 Å². The SMILES string of the molecule is CC(=O)CCCOCCOCC(=O)NC(CCCCNC(=O)c1ccc(C)cc1)C(N)=O. The van der Waals surface area contributed by atoms with Gasteiger partial charge in [-0.25, -0.2) is 0 Å². The molecule has 0 saturated carbocycles. The standard InChI is InChI=1S/C23H35N3O6/c1-17-8-10-19(11-9-17)23(30)25-12-4-3-7-20(22(24)29)26-21(28)16-32-15-14-31-13-5-6-18(2)27/h8-11,20H,3-7,12-16H2,1-2H3,(H2,24,29)(H,25,30)(H,26,28). The summed E-state index contributed by atoms with van der Waals surface area (Å²) in [7, 11) is 0. The predicted molar refractivity (Wildman–Crippen MR) is 120 cm³/mol. The number of carbonyl (C=O) groups is 4. The molecule has 0 spiro atoms. The van der Waals surface area contributed by atoms with Crippen LogP contribution in [0.15, 0.2) is 24.3 Å². The van der Waals surface area contributed by atoms with E-state index in [4.69, 9.17) is 15.2 Å². The molecule has 0 fully saturated rings. The molecular formula is C23H35N3O6. The van der Waals surface area contributed by atoms with Crippen LogP contribution in [0.3, 0.4) is 0 Å². The minimum atomic E-state index is -0.790. The Kier molecular flexibility index (Phi) is 13.6. The Morgan fingerprint density at radius 3 is 2.31 bits per heavy atom. The van der Waals surface area contributed by atoms with Crippen molar-refractivity contribution in [3.63, 3.8) is 0 Å². The van der Waals surface area contributed by atoms with Crippen LogP contribution in [0.1, 0.15) is 54.9 Å². The van der Waals surface area contributed by atoms with Gasteiger partial charge >= 0.3 is 0 Å². The molecule has 178 valence electrons. The molecule has 3 amide bonds. The second kappa shape index (κ2) is 15.9. The van der Waals surface area contributed by atoms with E-state index in [0.29, 0.717) is 57.4 Å². The number of Topliss-reactive ketones (excluding diaryl/α,β-unsaturated/α-hetero) is 1. The summed E-state index contributed by atoms with van der Waals surface area (Å²) < 4.78 is 10.5. The number of ketones is 1. The molecule has 0 radical (unpaired) electrons. The first-order valence-electron chi connectivity index (χ1n) is 10.9. The lowest BCUT2D eigenvalue weighted by Gasteiger charge is -2.15. The maximum atomic E-state index is 12.1. The zero-order valence-electron chi connectivity index (χ0n) is 19.0. The highest BCUT2D eigenvalue weighted by molar-refractivity contribution is 5.94. The van der Waals surface area contributed by atoms with Gasteiger partial charge in [0.1, 0.15) is 18.4 Å². The van der Waals surface area contributed by atoms with Gasteiger partial charge in [0.15, 0.2) is 0 Å². The van der Waals surface area contributed by atoms with Crippen molar-refractivity contribution in [2.75, 3.05) is 33.0 Å². The summed E-state index contributed by atoms with van der Waals surface area (Å²) in [6.07, 6.45) is 2.77. The minimum Gasteiger partial charge on any atom is -0.379 e. The maximum absolute atomic E-state index is 12.1. The molecule has 9 nitrogen and oxygen atoms in total. The predicted octanol–water partition coefficient (Wildman–Crippen LogP) is 1.27.